The molecule has 2 aromatic heterocycles. The number of halogens is 2. The number of hydrogen-bond donors (Lipinski definition) is 1. The van der Waals surface area contributed by atoms with Gasteiger partial charge in [0, 0.05) is 19.2 Å². The molecule has 7 heteroatoms. The van der Waals surface area contributed by atoms with E-state index in [1.807, 2.05) is 13.0 Å². The van der Waals surface area contributed by atoms with Crippen molar-refractivity contribution in [3.8, 4) is 0 Å². The second-order valence-corrected chi connectivity index (χ2v) is 5.87. The molecule has 2 aromatic rings. The highest BCUT2D eigenvalue weighted by molar-refractivity contribution is 14.1. The first kappa shape index (κ1) is 12.4. The zero-order valence-electron chi connectivity index (χ0n) is 9.77. The maximum atomic E-state index is 9.64. The van der Waals surface area contributed by atoms with Gasteiger partial charge in [0.05, 0.1) is 17.5 Å². The Balaban J connectivity index is 2.19. The third kappa shape index (κ3) is 1.96. The highest BCUT2D eigenvalue weighted by atomic mass is 127. The van der Waals surface area contributed by atoms with E-state index in [1.54, 1.807) is 4.52 Å². The van der Waals surface area contributed by atoms with Crippen LogP contribution < -0.4 is 4.90 Å². The van der Waals surface area contributed by atoms with Gasteiger partial charge in [-0.15, -0.1) is 0 Å². The van der Waals surface area contributed by atoms with Gasteiger partial charge in [-0.1, -0.05) is 11.6 Å². The van der Waals surface area contributed by atoms with Crippen molar-refractivity contribution in [3.05, 3.63) is 20.6 Å². The van der Waals surface area contributed by atoms with Gasteiger partial charge in [-0.3, -0.25) is 0 Å². The van der Waals surface area contributed by atoms with E-state index in [-0.39, 0.29) is 6.10 Å². The van der Waals surface area contributed by atoms with Gasteiger partial charge >= 0.3 is 0 Å². The van der Waals surface area contributed by atoms with Crippen LogP contribution in [0.3, 0.4) is 0 Å². The van der Waals surface area contributed by atoms with Crippen molar-refractivity contribution in [1.82, 2.24) is 14.6 Å². The summed E-state index contributed by atoms with van der Waals surface area (Å²) >= 11 is 8.28. The van der Waals surface area contributed by atoms with E-state index >= 15 is 0 Å². The summed E-state index contributed by atoms with van der Waals surface area (Å²) < 4.78 is 2.73. The van der Waals surface area contributed by atoms with Crippen LogP contribution in [-0.2, 0) is 0 Å². The van der Waals surface area contributed by atoms with Gasteiger partial charge in [-0.05, 0) is 35.9 Å². The van der Waals surface area contributed by atoms with Gasteiger partial charge in [0.2, 0.25) is 0 Å². The Hall–Kier alpha value is -0.600. The topological polar surface area (TPSA) is 53.7 Å². The fourth-order valence-electron chi connectivity index (χ4n) is 2.25. The molecule has 1 aliphatic rings. The minimum Gasteiger partial charge on any atom is -0.391 e. The van der Waals surface area contributed by atoms with E-state index in [0.717, 1.165) is 33.7 Å². The van der Waals surface area contributed by atoms with Gasteiger partial charge < -0.3 is 10.0 Å². The van der Waals surface area contributed by atoms with E-state index in [2.05, 4.69) is 37.6 Å². The summed E-state index contributed by atoms with van der Waals surface area (Å²) in [5, 5.41) is 14.4. The fraction of sp³-hybridized carbons (Fsp3) is 0.455. The first-order chi connectivity index (χ1) is 8.56. The maximum absolute atomic E-state index is 9.64. The van der Waals surface area contributed by atoms with Gasteiger partial charge in [0.25, 0.3) is 0 Å². The summed E-state index contributed by atoms with van der Waals surface area (Å²) in [6.45, 7) is 3.39. The van der Waals surface area contributed by atoms with Crippen LogP contribution >= 0.6 is 34.2 Å². The van der Waals surface area contributed by atoms with Crippen molar-refractivity contribution in [1.29, 1.82) is 0 Å². The molecule has 18 heavy (non-hydrogen) atoms. The lowest BCUT2D eigenvalue weighted by atomic mass is 10.3. The van der Waals surface area contributed by atoms with Crippen molar-refractivity contribution in [2.24, 2.45) is 0 Å². The Morgan fingerprint density at radius 1 is 1.56 bits per heavy atom. The molecule has 1 fully saturated rings. The molecule has 3 rings (SSSR count). The number of rotatable bonds is 1. The Labute approximate surface area is 123 Å². The minimum absolute atomic E-state index is 0.271. The molecule has 0 radical (unpaired) electrons. The molecular formula is C11H12ClIN4O. The van der Waals surface area contributed by atoms with Crippen molar-refractivity contribution in [2.45, 2.75) is 19.4 Å². The first-order valence-electron chi connectivity index (χ1n) is 5.70. The first-order valence-corrected chi connectivity index (χ1v) is 7.16. The number of β-amino-alcohol motifs (C(OH)–C–C–N with tert-alkyl or cyclic N) is 1. The summed E-state index contributed by atoms with van der Waals surface area (Å²) in [6, 6.07) is 1.82. The number of nitrogens with zero attached hydrogens (tertiary/aromatic N) is 4. The zero-order chi connectivity index (χ0) is 12.9. The molecule has 5 nitrogen and oxygen atoms in total. The van der Waals surface area contributed by atoms with Gasteiger partial charge in [0.1, 0.15) is 3.70 Å². The van der Waals surface area contributed by atoms with Crippen LogP contribution in [0.5, 0.6) is 0 Å². The SMILES string of the molecule is Cc1nc2c(N3CC[C@H](O)C3)cc(Cl)nn2c1I. The Morgan fingerprint density at radius 3 is 3.00 bits per heavy atom. The molecule has 0 bridgehead atoms. The quantitative estimate of drug-likeness (QED) is 0.770. The number of imidazole rings is 1. The predicted octanol–water partition coefficient (Wildman–Crippen LogP) is 1.87. The molecule has 0 spiro atoms. The summed E-state index contributed by atoms with van der Waals surface area (Å²) in [4.78, 5) is 6.64. The summed E-state index contributed by atoms with van der Waals surface area (Å²) in [7, 11) is 0. The Morgan fingerprint density at radius 2 is 2.33 bits per heavy atom. The third-order valence-electron chi connectivity index (χ3n) is 3.14. The van der Waals surface area contributed by atoms with Crippen molar-refractivity contribution in [2.75, 3.05) is 18.0 Å². The van der Waals surface area contributed by atoms with Crippen LogP contribution in [0.15, 0.2) is 6.07 Å². The highest BCUT2D eigenvalue weighted by Crippen LogP contribution is 2.28. The average Bonchev–Trinajstić information content (AvgIpc) is 2.86. The smallest absolute Gasteiger partial charge is 0.178 e. The van der Waals surface area contributed by atoms with E-state index in [0.29, 0.717) is 11.7 Å². The molecule has 1 saturated heterocycles. The van der Waals surface area contributed by atoms with Crippen LogP contribution in [0.2, 0.25) is 5.15 Å². The number of aromatic nitrogens is 3. The highest BCUT2D eigenvalue weighted by Gasteiger charge is 2.24. The number of aryl methyl sites for hydroxylation is 1. The standard InChI is InChI=1S/C11H12ClIN4O/c1-6-10(13)17-11(14-6)8(4-9(12)15-17)16-3-2-7(18)5-16/h4,7,18H,2-3,5H2,1H3/t7-/m0/s1. The zero-order valence-corrected chi connectivity index (χ0v) is 12.7. The van der Waals surface area contributed by atoms with Gasteiger partial charge in [0.15, 0.2) is 10.8 Å². The Kier molecular flexibility index (Phi) is 3.11. The molecular weight excluding hydrogens is 367 g/mol. The Bertz CT molecular complexity index is 615. The van der Waals surface area contributed by atoms with Crippen LogP contribution in [0.25, 0.3) is 5.65 Å². The van der Waals surface area contributed by atoms with Crippen LogP contribution in [0, 0.1) is 10.6 Å². The number of hydrogen-bond acceptors (Lipinski definition) is 4. The normalized spacial score (nSPS) is 20.0. The number of aliphatic hydroxyl groups excluding tert-OH is 1. The summed E-state index contributed by atoms with van der Waals surface area (Å²) in [5.74, 6) is 0. The van der Waals surface area contributed by atoms with E-state index < -0.39 is 0 Å². The predicted molar refractivity (Wildman–Crippen MR) is 78.3 cm³/mol. The van der Waals surface area contributed by atoms with E-state index in [4.69, 9.17) is 11.6 Å². The van der Waals surface area contributed by atoms with Gasteiger partial charge in [-0.2, -0.15) is 5.10 Å². The van der Waals surface area contributed by atoms with Crippen molar-refractivity contribution >= 4 is 45.5 Å². The number of anilines is 1. The lowest BCUT2D eigenvalue weighted by Gasteiger charge is -2.18. The molecule has 0 saturated carbocycles. The van der Waals surface area contributed by atoms with Crippen molar-refractivity contribution in [3.63, 3.8) is 0 Å². The molecule has 96 valence electrons. The third-order valence-corrected chi connectivity index (χ3v) is 4.57. The van der Waals surface area contributed by atoms with Gasteiger partial charge in [-0.25, -0.2) is 9.50 Å². The molecule has 3 heterocycles. The molecule has 1 aliphatic heterocycles. The second kappa shape index (κ2) is 4.50. The number of aliphatic hydroxyl groups is 1. The van der Waals surface area contributed by atoms with Crippen LogP contribution in [-0.4, -0.2) is 38.9 Å². The van der Waals surface area contributed by atoms with Crippen LogP contribution in [0.1, 0.15) is 12.1 Å². The second-order valence-electron chi connectivity index (χ2n) is 4.46. The number of fused-ring (bicyclic) bond motifs is 1. The fourth-order valence-corrected chi connectivity index (χ4v) is 2.89. The molecule has 0 unspecified atom stereocenters. The maximum Gasteiger partial charge on any atom is 0.178 e. The minimum atomic E-state index is -0.271. The van der Waals surface area contributed by atoms with E-state index in [9.17, 15) is 5.11 Å². The average molecular weight is 379 g/mol. The molecule has 1 atom stereocenters. The molecule has 0 amide bonds. The summed E-state index contributed by atoms with van der Waals surface area (Å²) in [5.41, 5.74) is 2.68. The van der Waals surface area contributed by atoms with Crippen molar-refractivity contribution < 1.29 is 5.11 Å². The molecule has 1 N–H and O–H groups in total. The monoisotopic (exact) mass is 378 g/mol. The lowest BCUT2D eigenvalue weighted by Crippen LogP contribution is -2.22. The molecule has 0 aromatic carbocycles. The lowest BCUT2D eigenvalue weighted by molar-refractivity contribution is 0.198. The van der Waals surface area contributed by atoms with E-state index in [1.165, 1.54) is 0 Å². The largest absolute Gasteiger partial charge is 0.391 e. The van der Waals surface area contributed by atoms with Crippen LogP contribution in [0.4, 0.5) is 5.69 Å². The summed E-state index contributed by atoms with van der Waals surface area (Å²) in [6.07, 6.45) is 0.509. The molecule has 0 aliphatic carbocycles.